The molecule has 1 aliphatic rings. The lowest BCUT2D eigenvalue weighted by atomic mass is 9.66. The molecule has 0 atom stereocenters. The van der Waals surface area contributed by atoms with Crippen molar-refractivity contribution in [2.75, 3.05) is 11.9 Å². The third-order valence-corrected chi connectivity index (χ3v) is 6.90. The Kier molecular flexibility index (Phi) is 5.88. The number of thiazole rings is 1. The summed E-state index contributed by atoms with van der Waals surface area (Å²) in [6, 6.07) is 6.68. The molecule has 0 unspecified atom stereocenters. The quantitative estimate of drug-likeness (QED) is 0.304. The number of hydrogen-bond donors (Lipinski definition) is 4. The van der Waals surface area contributed by atoms with E-state index in [0.717, 1.165) is 24.1 Å². The van der Waals surface area contributed by atoms with E-state index in [1.807, 2.05) is 12.1 Å². The number of pyridine rings is 1. The zero-order valence-corrected chi connectivity index (χ0v) is 18.8. The first-order valence-electron chi connectivity index (χ1n) is 10.7. The molecule has 4 aromatic heterocycles. The van der Waals surface area contributed by atoms with Crippen molar-refractivity contribution in [2.45, 2.75) is 31.2 Å². The van der Waals surface area contributed by atoms with Gasteiger partial charge in [-0.25, -0.2) is 14.2 Å². The summed E-state index contributed by atoms with van der Waals surface area (Å²) in [7, 11) is 0. The van der Waals surface area contributed by atoms with Gasteiger partial charge >= 0.3 is 5.69 Å². The molecule has 34 heavy (non-hydrogen) atoms. The number of aromatic amines is 2. The number of hydrogen-bond acceptors (Lipinski definition) is 8. The van der Waals surface area contributed by atoms with Crippen LogP contribution in [0.2, 0.25) is 0 Å². The molecule has 10 nitrogen and oxygen atoms in total. The van der Waals surface area contributed by atoms with E-state index in [2.05, 4.69) is 40.8 Å². The van der Waals surface area contributed by atoms with Gasteiger partial charge in [-0.1, -0.05) is 6.42 Å². The van der Waals surface area contributed by atoms with Crippen LogP contribution in [0.5, 0.6) is 0 Å². The largest absolute Gasteiger partial charge is 0.368 e. The highest BCUT2D eigenvalue weighted by molar-refractivity contribution is 7.15. The van der Waals surface area contributed by atoms with Gasteiger partial charge in [0.25, 0.3) is 5.91 Å². The van der Waals surface area contributed by atoms with Gasteiger partial charge in [0.2, 0.25) is 0 Å². The van der Waals surface area contributed by atoms with Crippen LogP contribution < -0.4 is 16.3 Å². The number of nitrogens with one attached hydrogen (secondary N) is 4. The minimum atomic E-state index is -0.437. The van der Waals surface area contributed by atoms with Crippen molar-refractivity contribution in [3.8, 4) is 10.7 Å². The maximum atomic E-state index is 14.3. The molecular formula is C22H21FN8O2S. The second-order valence-corrected chi connectivity index (χ2v) is 9.21. The SMILES string of the molecule is O=C(NCc1cnc(-c2ccc(NCC3(c4ncccc4F)CCC3)nn2)s1)c1c[nH]c(=O)[nH]1. The summed E-state index contributed by atoms with van der Waals surface area (Å²) in [6.07, 6.45) is 7.40. The normalized spacial score (nSPS) is 14.4. The summed E-state index contributed by atoms with van der Waals surface area (Å²) < 4.78 is 14.3. The van der Waals surface area contributed by atoms with Crippen molar-refractivity contribution < 1.29 is 9.18 Å². The van der Waals surface area contributed by atoms with Crippen LogP contribution in [0.3, 0.4) is 0 Å². The van der Waals surface area contributed by atoms with Crippen molar-refractivity contribution in [1.82, 2.24) is 35.5 Å². The third-order valence-electron chi connectivity index (χ3n) is 5.88. The molecule has 0 saturated heterocycles. The number of carbonyl (C=O) groups is 1. The van der Waals surface area contributed by atoms with E-state index in [9.17, 15) is 14.0 Å². The number of rotatable bonds is 8. The van der Waals surface area contributed by atoms with Crippen LogP contribution in [-0.4, -0.2) is 42.6 Å². The molecule has 4 N–H and O–H groups in total. The lowest BCUT2D eigenvalue weighted by Gasteiger charge is -2.41. The van der Waals surface area contributed by atoms with Crippen LogP contribution in [0.25, 0.3) is 10.7 Å². The minimum Gasteiger partial charge on any atom is -0.368 e. The molecule has 0 aromatic carbocycles. The average molecular weight is 481 g/mol. The van der Waals surface area contributed by atoms with Crippen LogP contribution >= 0.6 is 11.3 Å². The van der Waals surface area contributed by atoms with Gasteiger partial charge in [-0.3, -0.25) is 9.78 Å². The number of halogens is 1. The Morgan fingerprint density at radius 3 is 2.76 bits per heavy atom. The molecule has 0 radical (unpaired) electrons. The highest BCUT2D eigenvalue weighted by Crippen LogP contribution is 2.43. The lowest BCUT2D eigenvalue weighted by Crippen LogP contribution is -2.42. The second kappa shape index (κ2) is 9.14. The van der Waals surface area contributed by atoms with E-state index >= 15 is 0 Å². The minimum absolute atomic E-state index is 0.165. The monoisotopic (exact) mass is 480 g/mol. The summed E-state index contributed by atoms with van der Waals surface area (Å²) in [4.78, 5) is 37.4. The number of anilines is 1. The molecule has 4 aromatic rings. The summed E-state index contributed by atoms with van der Waals surface area (Å²) >= 11 is 1.39. The van der Waals surface area contributed by atoms with E-state index in [4.69, 9.17) is 0 Å². The fourth-order valence-electron chi connectivity index (χ4n) is 3.90. The topological polar surface area (TPSA) is 141 Å². The predicted molar refractivity (Wildman–Crippen MR) is 124 cm³/mol. The summed E-state index contributed by atoms with van der Waals surface area (Å²) in [5.41, 5.74) is 0.515. The number of H-pyrrole nitrogens is 2. The smallest absolute Gasteiger partial charge is 0.323 e. The van der Waals surface area contributed by atoms with Gasteiger partial charge in [-0.2, -0.15) is 0 Å². The Morgan fingerprint density at radius 1 is 1.21 bits per heavy atom. The molecule has 5 rings (SSSR count). The fraction of sp³-hybridized carbons (Fsp3) is 0.273. The van der Waals surface area contributed by atoms with Gasteiger partial charge in [-0.15, -0.1) is 21.5 Å². The first-order valence-corrected chi connectivity index (χ1v) is 11.5. The van der Waals surface area contributed by atoms with Gasteiger partial charge in [0.05, 0.1) is 12.2 Å². The number of carbonyl (C=O) groups excluding carboxylic acids is 1. The maximum absolute atomic E-state index is 14.3. The highest BCUT2D eigenvalue weighted by atomic mass is 32.1. The lowest BCUT2D eigenvalue weighted by molar-refractivity contribution is 0.0946. The Balaban J connectivity index is 1.19. The van der Waals surface area contributed by atoms with E-state index in [1.54, 1.807) is 18.5 Å². The molecule has 1 aliphatic carbocycles. The van der Waals surface area contributed by atoms with Crippen LogP contribution in [0, 0.1) is 5.82 Å². The van der Waals surface area contributed by atoms with Gasteiger partial charge in [0.15, 0.2) is 0 Å². The third kappa shape index (κ3) is 4.44. The average Bonchev–Trinajstić information content (AvgIpc) is 3.47. The molecular weight excluding hydrogens is 459 g/mol. The second-order valence-electron chi connectivity index (χ2n) is 8.10. The van der Waals surface area contributed by atoms with Gasteiger partial charge in [-0.05, 0) is 37.1 Å². The number of nitrogens with zero attached hydrogens (tertiary/aromatic N) is 4. The summed E-state index contributed by atoms with van der Waals surface area (Å²) in [5.74, 6) is -0.0724. The van der Waals surface area contributed by atoms with Crippen molar-refractivity contribution in [3.63, 3.8) is 0 Å². The van der Waals surface area contributed by atoms with E-state index in [1.165, 1.54) is 23.6 Å². The molecule has 174 valence electrons. The van der Waals surface area contributed by atoms with Crippen molar-refractivity contribution in [1.29, 1.82) is 0 Å². The number of amides is 1. The fourth-order valence-corrected chi connectivity index (χ4v) is 4.72. The van der Waals surface area contributed by atoms with Crippen LogP contribution in [0.4, 0.5) is 10.2 Å². The predicted octanol–water partition coefficient (Wildman–Crippen LogP) is 2.61. The van der Waals surface area contributed by atoms with Crippen LogP contribution in [0.1, 0.15) is 40.3 Å². The molecule has 4 heterocycles. The highest BCUT2D eigenvalue weighted by Gasteiger charge is 2.41. The van der Waals surface area contributed by atoms with Gasteiger partial charge in [0.1, 0.15) is 28.0 Å². The molecule has 0 aliphatic heterocycles. The van der Waals surface area contributed by atoms with E-state index in [-0.39, 0.29) is 23.5 Å². The first kappa shape index (κ1) is 21.9. The van der Waals surface area contributed by atoms with E-state index < -0.39 is 11.6 Å². The Morgan fingerprint density at radius 2 is 2.09 bits per heavy atom. The standard InChI is InChI=1S/C22H21FN8O2S/c23-14-3-1-8-24-18(14)22(6-2-7-22)12-28-17-5-4-15(30-31-17)20-26-10-13(34-20)9-25-19(32)16-11-27-21(33)29-16/h1,3-5,8,10-11H,2,6-7,9,12H2,(H,25,32)(H,28,31)(H2,27,29,33). The van der Waals surface area contributed by atoms with Gasteiger partial charge < -0.3 is 20.6 Å². The van der Waals surface area contributed by atoms with Crippen LogP contribution in [0.15, 0.2) is 47.7 Å². The Hall–Kier alpha value is -3.93. The van der Waals surface area contributed by atoms with Crippen molar-refractivity contribution in [2.24, 2.45) is 0 Å². The van der Waals surface area contributed by atoms with Crippen molar-refractivity contribution >= 4 is 23.1 Å². The summed E-state index contributed by atoms with van der Waals surface area (Å²) in [5, 5.41) is 15.2. The number of aromatic nitrogens is 6. The first-order chi connectivity index (χ1) is 16.5. The molecule has 0 bridgehead atoms. The Labute approximate surface area is 197 Å². The number of imidazole rings is 1. The van der Waals surface area contributed by atoms with Crippen molar-refractivity contribution in [3.05, 3.63) is 75.4 Å². The zero-order valence-electron chi connectivity index (χ0n) is 18.0. The molecule has 0 spiro atoms. The Bertz CT molecular complexity index is 1360. The molecule has 1 saturated carbocycles. The van der Waals surface area contributed by atoms with Gasteiger partial charge in [0, 0.05) is 35.4 Å². The molecule has 1 fully saturated rings. The van der Waals surface area contributed by atoms with Crippen LogP contribution in [-0.2, 0) is 12.0 Å². The zero-order chi connectivity index (χ0) is 23.5. The van der Waals surface area contributed by atoms with E-state index in [0.29, 0.717) is 28.8 Å². The maximum Gasteiger partial charge on any atom is 0.323 e. The summed E-state index contributed by atoms with van der Waals surface area (Å²) in [6.45, 7) is 0.797. The molecule has 12 heteroatoms. The molecule has 1 amide bonds.